The van der Waals surface area contributed by atoms with Gasteiger partial charge in [-0.2, -0.15) is 0 Å². The molecule has 13 heteroatoms. The number of aliphatic hydroxyl groups excluding tert-OH is 1. The summed E-state index contributed by atoms with van der Waals surface area (Å²) < 4.78 is 4.53. The third-order valence-electron chi connectivity index (χ3n) is 4.06. The van der Waals surface area contributed by atoms with Crippen molar-refractivity contribution in [2.24, 2.45) is 5.73 Å². The number of amides is 4. The maximum absolute atomic E-state index is 12.7. The van der Waals surface area contributed by atoms with Crippen LogP contribution in [0.1, 0.15) is 47.5 Å². The summed E-state index contributed by atoms with van der Waals surface area (Å²) in [6.07, 6.45) is -2.34. The smallest absolute Gasteiger partial charge is 0.308 e. The van der Waals surface area contributed by atoms with Crippen LogP contribution in [0.15, 0.2) is 0 Å². The largest absolute Gasteiger partial charge is 0.469 e. The van der Waals surface area contributed by atoms with E-state index in [1.807, 2.05) is 0 Å². The molecule has 0 aliphatic heterocycles. The highest BCUT2D eigenvalue weighted by Gasteiger charge is 2.32. The molecule has 33 heavy (non-hydrogen) atoms. The van der Waals surface area contributed by atoms with E-state index in [1.165, 1.54) is 13.8 Å². The van der Waals surface area contributed by atoms with Gasteiger partial charge in [0.05, 0.1) is 38.6 Å². The zero-order valence-electron chi connectivity index (χ0n) is 19.8. The standard InChI is InChI=1S/C20H35N5O8/c1-10(26)9-22-19(32)16(11(2)27)24-18(31)13(8-15(29)33-6)23-17(30)12(21)7-14(28)25-20(3,4)5/h11-13,16,27H,7-9,21H2,1-6H3,(H,22,32)(H,23,30)(H,24,31)(H,25,28). The first-order chi connectivity index (χ1) is 15.1. The van der Waals surface area contributed by atoms with Crippen LogP contribution in [0, 0.1) is 0 Å². The van der Waals surface area contributed by atoms with Gasteiger partial charge < -0.3 is 36.8 Å². The van der Waals surface area contributed by atoms with Crippen molar-refractivity contribution >= 4 is 35.4 Å². The molecule has 4 amide bonds. The van der Waals surface area contributed by atoms with Gasteiger partial charge in [0.25, 0.3) is 0 Å². The van der Waals surface area contributed by atoms with E-state index >= 15 is 0 Å². The molecule has 188 valence electrons. The lowest BCUT2D eigenvalue weighted by Crippen LogP contribution is -2.59. The number of ketones is 1. The van der Waals surface area contributed by atoms with E-state index < -0.39 is 65.8 Å². The van der Waals surface area contributed by atoms with Crippen LogP contribution in [-0.2, 0) is 33.5 Å². The predicted octanol–water partition coefficient (Wildman–Crippen LogP) is -2.76. The molecule has 0 saturated heterocycles. The SMILES string of the molecule is COC(=O)CC(NC(=O)C(N)CC(=O)NC(C)(C)C)C(=O)NC(C(=O)NCC(C)=O)C(C)O. The monoisotopic (exact) mass is 473 g/mol. The summed E-state index contributed by atoms with van der Waals surface area (Å²) in [6.45, 7) is 7.40. The highest BCUT2D eigenvalue weighted by atomic mass is 16.5. The topological polar surface area (TPSA) is 206 Å². The molecule has 13 nitrogen and oxygen atoms in total. The molecule has 0 spiro atoms. The lowest BCUT2D eigenvalue weighted by molar-refractivity contribution is -0.144. The molecule has 0 aromatic rings. The molecule has 0 heterocycles. The molecule has 0 bridgehead atoms. The molecule has 0 aliphatic rings. The van der Waals surface area contributed by atoms with Crippen molar-refractivity contribution in [3.8, 4) is 0 Å². The average Bonchev–Trinajstić information content (AvgIpc) is 2.67. The molecule has 0 aliphatic carbocycles. The Morgan fingerprint density at radius 3 is 2.00 bits per heavy atom. The molecular weight excluding hydrogens is 438 g/mol. The number of hydrogen-bond donors (Lipinski definition) is 6. The Bertz CT molecular complexity index is 747. The van der Waals surface area contributed by atoms with Gasteiger partial charge in [-0.25, -0.2) is 0 Å². The number of carbonyl (C=O) groups is 6. The van der Waals surface area contributed by atoms with Crippen LogP contribution in [-0.4, -0.2) is 83.9 Å². The number of aliphatic hydroxyl groups is 1. The van der Waals surface area contributed by atoms with Crippen molar-refractivity contribution in [2.75, 3.05) is 13.7 Å². The minimum absolute atomic E-state index is 0.314. The number of nitrogens with two attached hydrogens (primary N) is 1. The Kier molecular flexibility index (Phi) is 12.2. The molecule has 0 saturated carbocycles. The Morgan fingerprint density at radius 2 is 1.55 bits per heavy atom. The van der Waals surface area contributed by atoms with Gasteiger partial charge in [0.15, 0.2) is 0 Å². The number of rotatable bonds is 12. The second-order valence-electron chi connectivity index (χ2n) is 8.60. The lowest BCUT2D eigenvalue weighted by atomic mass is 10.1. The second kappa shape index (κ2) is 13.5. The first-order valence-corrected chi connectivity index (χ1v) is 10.3. The normalized spacial score (nSPS) is 14.7. The summed E-state index contributed by atoms with van der Waals surface area (Å²) in [5.41, 5.74) is 5.22. The van der Waals surface area contributed by atoms with Gasteiger partial charge in [0, 0.05) is 5.54 Å². The number of esters is 1. The predicted molar refractivity (Wildman–Crippen MR) is 116 cm³/mol. The highest BCUT2D eigenvalue weighted by molar-refractivity contribution is 5.96. The Balaban J connectivity index is 5.36. The van der Waals surface area contributed by atoms with Gasteiger partial charge in [-0.1, -0.05) is 0 Å². The summed E-state index contributed by atoms with van der Waals surface area (Å²) in [5.74, 6) is -4.40. The van der Waals surface area contributed by atoms with Crippen LogP contribution in [0.5, 0.6) is 0 Å². The minimum atomic E-state index is -1.51. The molecule has 4 unspecified atom stereocenters. The van der Waals surface area contributed by atoms with Crippen molar-refractivity contribution in [3.63, 3.8) is 0 Å². The summed E-state index contributed by atoms with van der Waals surface area (Å²) >= 11 is 0. The average molecular weight is 474 g/mol. The molecular formula is C20H35N5O8. The number of Topliss-reactive ketones (excluding diaryl/α,β-unsaturated/α-hetero) is 1. The number of nitrogens with one attached hydrogen (secondary N) is 4. The highest BCUT2D eigenvalue weighted by Crippen LogP contribution is 2.03. The van der Waals surface area contributed by atoms with Gasteiger partial charge in [0.2, 0.25) is 23.6 Å². The fourth-order valence-corrected chi connectivity index (χ4v) is 2.48. The third-order valence-corrected chi connectivity index (χ3v) is 4.06. The van der Waals surface area contributed by atoms with E-state index in [9.17, 15) is 33.9 Å². The van der Waals surface area contributed by atoms with Crippen LogP contribution in [0.3, 0.4) is 0 Å². The van der Waals surface area contributed by atoms with Gasteiger partial charge in [-0.05, 0) is 34.6 Å². The molecule has 0 rings (SSSR count). The van der Waals surface area contributed by atoms with Crippen LogP contribution in [0.25, 0.3) is 0 Å². The fraction of sp³-hybridized carbons (Fsp3) is 0.700. The van der Waals surface area contributed by atoms with E-state index in [4.69, 9.17) is 5.73 Å². The molecule has 7 N–H and O–H groups in total. The lowest BCUT2D eigenvalue weighted by Gasteiger charge is -2.25. The van der Waals surface area contributed by atoms with Gasteiger partial charge in [-0.15, -0.1) is 0 Å². The van der Waals surface area contributed by atoms with E-state index in [0.29, 0.717) is 0 Å². The van der Waals surface area contributed by atoms with E-state index in [-0.39, 0.29) is 18.7 Å². The zero-order chi connectivity index (χ0) is 25.9. The number of hydrogen-bond acceptors (Lipinski definition) is 9. The van der Waals surface area contributed by atoms with E-state index in [2.05, 4.69) is 26.0 Å². The Labute approximate surface area is 192 Å². The first kappa shape index (κ1) is 29.9. The van der Waals surface area contributed by atoms with Crippen LogP contribution in [0.2, 0.25) is 0 Å². The van der Waals surface area contributed by atoms with Gasteiger partial charge in [-0.3, -0.25) is 28.8 Å². The van der Waals surface area contributed by atoms with E-state index in [1.54, 1.807) is 20.8 Å². The van der Waals surface area contributed by atoms with Crippen molar-refractivity contribution in [3.05, 3.63) is 0 Å². The zero-order valence-corrected chi connectivity index (χ0v) is 19.8. The van der Waals surface area contributed by atoms with Crippen LogP contribution < -0.4 is 27.0 Å². The molecule has 4 atom stereocenters. The summed E-state index contributed by atoms with van der Waals surface area (Å²) in [6, 6.07) is -4.31. The van der Waals surface area contributed by atoms with Crippen molar-refractivity contribution in [1.29, 1.82) is 0 Å². The first-order valence-electron chi connectivity index (χ1n) is 10.3. The van der Waals surface area contributed by atoms with Gasteiger partial charge >= 0.3 is 5.97 Å². The Morgan fingerprint density at radius 1 is 0.970 bits per heavy atom. The molecule has 0 aromatic carbocycles. The third kappa shape index (κ3) is 12.5. The molecule has 0 fully saturated rings. The summed E-state index contributed by atoms with van der Waals surface area (Å²) in [5, 5.41) is 19.3. The summed E-state index contributed by atoms with van der Waals surface area (Å²) in [4.78, 5) is 72.2. The minimum Gasteiger partial charge on any atom is -0.469 e. The number of methoxy groups -OCH3 is 1. The van der Waals surface area contributed by atoms with E-state index in [0.717, 1.165) is 7.11 Å². The van der Waals surface area contributed by atoms with Crippen LogP contribution >= 0.6 is 0 Å². The second-order valence-corrected chi connectivity index (χ2v) is 8.60. The molecule has 0 aromatic heterocycles. The number of ether oxygens (including phenoxy) is 1. The van der Waals surface area contributed by atoms with Crippen LogP contribution in [0.4, 0.5) is 0 Å². The number of carbonyl (C=O) groups excluding carboxylic acids is 6. The van der Waals surface area contributed by atoms with Crippen molar-refractivity contribution in [2.45, 2.75) is 77.2 Å². The molecule has 0 radical (unpaired) electrons. The maximum atomic E-state index is 12.7. The van der Waals surface area contributed by atoms with Gasteiger partial charge in [0.1, 0.15) is 17.9 Å². The fourth-order valence-electron chi connectivity index (χ4n) is 2.48. The Hall–Kier alpha value is -3.06. The maximum Gasteiger partial charge on any atom is 0.308 e. The quantitative estimate of drug-likeness (QED) is 0.162. The van der Waals surface area contributed by atoms with Crippen molar-refractivity contribution < 1.29 is 38.6 Å². The summed E-state index contributed by atoms with van der Waals surface area (Å²) in [7, 11) is 1.08. The van der Waals surface area contributed by atoms with Crippen molar-refractivity contribution in [1.82, 2.24) is 21.3 Å².